The molecule has 0 saturated carbocycles. The van der Waals surface area contributed by atoms with Gasteiger partial charge >= 0.3 is 0 Å². The van der Waals surface area contributed by atoms with Crippen LogP contribution < -0.4 is 5.73 Å². The summed E-state index contributed by atoms with van der Waals surface area (Å²) in [7, 11) is 0. The van der Waals surface area contributed by atoms with Crippen molar-refractivity contribution in [3.05, 3.63) is 69.9 Å². The van der Waals surface area contributed by atoms with E-state index < -0.39 is 6.04 Å². The van der Waals surface area contributed by atoms with Gasteiger partial charge < -0.3 is 5.73 Å². The Morgan fingerprint density at radius 3 is 2.29 bits per heavy atom. The smallest absolute Gasteiger partial charge is 0.129 e. The van der Waals surface area contributed by atoms with E-state index in [9.17, 15) is 4.39 Å². The van der Waals surface area contributed by atoms with Crippen LogP contribution in [-0.2, 0) is 0 Å². The summed E-state index contributed by atoms with van der Waals surface area (Å²) >= 11 is 3.22. The summed E-state index contributed by atoms with van der Waals surface area (Å²) in [6.45, 7) is 0. The zero-order valence-electron chi connectivity index (χ0n) is 8.94. The Hall–Kier alpha value is -0.900. The standard InChI is InChI=1S/C13H11BrFN.ClH/c14-10-6-7-11(12(15)8-10)13(16)9-4-2-1-3-5-9;/h1-8,13H,16H2;1H. The summed E-state index contributed by atoms with van der Waals surface area (Å²) in [6.07, 6.45) is 0. The molecule has 2 aromatic carbocycles. The molecule has 0 amide bonds. The van der Waals surface area contributed by atoms with Crippen LogP contribution in [0.2, 0.25) is 0 Å². The number of benzene rings is 2. The van der Waals surface area contributed by atoms with Crippen molar-refractivity contribution in [2.75, 3.05) is 0 Å². The van der Waals surface area contributed by atoms with Crippen LogP contribution in [0.5, 0.6) is 0 Å². The Bertz CT molecular complexity index is 490. The zero-order valence-corrected chi connectivity index (χ0v) is 11.3. The molecule has 2 aromatic rings. The highest BCUT2D eigenvalue weighted by Gasteiger charge is 2.13. The third kappa shape index (κ3) is 3.28. The van der Waals surface area contributed by atoms with Crippen LogP contribution in [0.3, 0.4) is 0 Å². The average Bonchev–Trinajstić information content (AvgIpc) is 2.29. The molecule has 4 heteroatoms. The lowest BCUT2D eigenvalue weighted by molar-refractivity contribution is 0.599. The summed E-state index contributed by atoms with van der Waals surface area (Å²) in [6, 6.07) is 14.0. The van der Waals surface area contributed by atoms with E-state index in [4.69, 9.17) is 5.73 Å². The van der Waals surface area contributed by atoms with E-state index in [1.807, 2.05) is 30.3 Å². The van der Waals surface area contributed by atoms with Crippen LogP contribution in [-0.4, -0.2) is 0 Å². The maximum Gasteiger partial charge on any atom is 0.129 e. The Morgan fingerprint density at radius 2 is 1.71 bits per heavy atom. The lowest BCUT2D eigenvalue weighted by Gasteiger charge is -2.13. The van der Waals surface area contributed by atoms with Crippen LogP contribution in [0.25, 0.3) is 0 Å². The second-order valence-corrected chi connectivity index (χ2v) is 4.47. The quantitative estimate of drug-likeness (QED) is 0.888. The highest BCUT2D eigenvalue weighted by Crippen LogP contribution is 2.24. The molecule has 0 aromatic heterocycles. The van der Waals surface area contributed by atoms with Gasteiger partial charge in [-0.25, -0.2) is 4.39 Å². The number of halogens is 3. The van der Waals surface area contributed by atoms with Crippen LogP contribution in [0.1, 0.15) is 17.2 Å². The molecule has 17 heavy (non-hydrogen) atoms. The normalized spacial score (nSPS) is 11.7. The number of hydrogen-bond acceptors (Lipinski definition) is 1. The Labute approximate surface area is 114 Å². The summed E-state index contributed by atoms with van der Waals surface area (Å²) < 4.78 is 14.4. The summed E-state index contributed by atoms with van der Waals surface area (Å²) in [5, 5.41) is 0. The van der Waals surface area contributed by atoms with Gasteiger partial charge in [-0.05, 0) is 17.7 Å². The van der Waals surface area contributed by atoms with Crippen molar-refractivity contribution in [2.45, 2.75) is 6.04 Å². The van der Waals surface area contributed by atoms with E-state index in [1.165, 1.54) is 6.07 Å². The molecule has 90 valence electrons. The molecule has 0 saturated heterocycles. The molecule has 0 radical (unpaired) electrons. The SMILES string of the molecule is Cl.NC(c1ccccc1)c1ccc(Br)cc1F. The molecule has 0 spiro atoms. The Balaban J connectivity index is 0.00000144. The topological polar surface area (TPSA) is 26.0 Å². The zero-order chi connectivity index (χ0) is 11.5. The predicted molar refractivity (Wildman–Crippen MR) is 73.8 cm³/mol. The molecule has 0 aliphatic carbocycles. The first-order valence-corrected chi connectivity index (χ1v) is 5.73. The molecule has 1 atom stereocenters. The highest BCUT2D eigenvalue weighted by atomic mass is 79.9. The highest BCUT2D eigenvalue weighted by molar-refractivity contribution is 9.10. The van der Waals surface area contributed by atoms with Gasteiger partial charge in [-0.2, -0.15) is 0 Å². The minimum atomic E-state index is -0.422. The van der Waals surface area contributed by atoms with Crippen molar-refractivity contribution in [1.29, 1.82) is 0 Å². The fourth-order valence-corrected chi connectivity index (χ4v) is 1.93. The summed E-state index contributed by atoms with van der Waals surface area (Å²) in [4.78, 5) is 0. The lowest BCUT2D eigenvalue weighted by atomic mass is 9.99. The van der Waals surface area contributed by atoms with Crippen molar-refractivity contribution < 1.29 is 4.39 Å². The molecule has 1 unspecified atom stereocenters. The van der Waals surface area contributed by atoms with Gasteiger partial charge in [0, 0.05) is 10.0 Å². The van der Waals surface area contributed by atoms with E-state index in [0.29, 0.717) is 10.0 Å². The van der Waals surface area contributed by atoms with Gasteiger partial charge in [-0.15, -0.1) is 12.4 Å². The minimum Gasteiger partial charge on any atom is -0.320 e. The van der Waals surface area contributed by atoms with Gasteiger partial charge in [0.2, 0.25) is 0 Å². The third-order valence-corrected chi connectivity index (χ3v) is 2.95. The predicted octanol–water partition coefficient (Wildman–Crippen LogP) is 4.06. The van der Waals surface area contributed by atoms with Crippen molar-refractivity contribution in [3.63, 3.8) is 0 Å². The van der Waals surface area contributed by atoms with Crippen molar-refractivity contribution in [1.82, 2.24) is 0 Å². The fourth-order valence-electron chi connectivity index (χ4n) is 1.59. The van der Waals surface area contributed by atoms with E-state index >= 15 is 0 Å². The molecule has 1 nitrogen and oxygen atoms in total. The molecule has 0 bridgehead atoms. The van der Waals surface area contributed by atoms with Crippen molar-refractivity contribution in [3.8, 4) is 0 Å². The molecular formula is C13H12BrClFN. The summed E-state index contributed by atoms with van der Waals surface area (Å²) in [5.41, 5.74) is 7.43. The van der Waals surface area contributed by atoms with Gasteiger partial charge in [0.25, 0.3) is 0 Å². The van der Waals surface area contributed by atoms with Crippen LogP contribution in [0.15, 0.2) is 53.0 Å². The Morgan fingerprint density at radius 1 is 1.06 bits per heavy atom. The van der Waals surface area contributed by atoms with E-state index in [0.717, 1.165) is 5.56 Å². The third-order valence-electron chi connectivity index (χ3n) is 2.46. The first-order valence-electron chi connectivity index (χ1n) is 4.94. The largest absolute Gasteiger partial charge is 0.320 e. The van der Waals surface area contributed by atoms with Crippen molar-refractivity contribution >= 4 is 28.3 Å². The van der Waals surface area contributed by atoms with Gasteiger partial charge in [-0.1, -0.05) is 52.3 Å². The maximum absolute atomic E-state index is 13.7. The second kappa shape index (κ2) is 6.15. The van der Waals surface area contributed by atoms with Crippen LogP contribution in [0.4, 0.5) is 4.39 Å². The second-order valence-electron chi connectivity index (χ2n) is 3.55. The molecule has 0 fully saturated rings. The van der Waals surface area contributed by atoms with E-state index in [2.05, 4.69) is 15.9 Å². The molecule has 0 aliphatic heterocycles. The maximum atomic E-state index is 13.7. The monoisotopic (exact) mass is 315 g/mol. The molecular weight excluding hydrogens is 305 g/mol. The van der Waals surface area contributed by atoms with Gasteiger partial charge in [0.05, 0.1) is 6.04 Å². The van der Waals surface area contributed by atoms with Gasteiger partial charge in [0.15, 0.2) is 0 Å². The number of rotatable bonds is 2. The van der Waals surface area contributed by atoms with E-state index in [1.54, 1.807) is 12.1 Å². The van der Waals surface area contributed by atoms with Crippen LogP contribution in [0, 0.1) is 5.82 Å². The van der Waals surface area contributed by atoms with Gasteiger partial charge in [0.1, 0.15) is 5.82 Å². The Kier molecular flexibility index (Phi) is 5.12. The molecule has 0 aliphatic rings. The summed E-state index contributed by atoms with van der Waals surface area (Å²) in [5.74, 6) is -0.286. The lowest BCUT2D eigenvalue weighted by Crippen LogP contribution is -2.13. The van der Waals surface area contributed by atoms with Crippen molar-refractivity contribution in [2.24, 2.45) is 5.73 Å². The minimum absolute atomic E-state index is 0. The van der Waals surface area contributed by atoms with Gasteiger partial charge in [-0.3, -0.25) is 0 Å². The molecule has 2 rings (SSSR count). The number of nitrogens with two attached hydrogens (primary N) is 1. The van der Waals surface area contributed by atoms with E-state index in [-0.39, 0.29) is 18.2 Å². The first kappa shape index (κ1) is 14.2. The first-order chi connectivity index (χ1) is 7.68. The molecule has 2 N–H and O–H groups in total. The number of hydrogen-bond donors (Lipinski definition) is 1. The van der Waals surface area contributed by atoms with Crippen LogP contribution >= 0.6 is 28.3 Å². The fraction of sp³-hybridized carbons (Fsp3) is 0.0769. The molecule has 0 heterocycles. The average molecular weight is 317 g/mol.